The molecule has 0 spiro atoms. The number of hydrogen-bond donors (Lipinski definition) is 1. The van der Waals surface area contributed by atoms with Gasteiger partial charge in [-0.2, -0.15) is 4.79 Å². The maximum Gasteiger partial charge on any atom is 0.556 e. The van der Waals surface area contributed by atoms with Crippen molar-refractivity contribution in [1.29, 1.82) is 0 Å². The Kier molecular flexibility index (Phi) is 2.60. The first-order valence-corrected chi connectivity index (χ1v) is 5.98. The van der Waals surface area contributed by atoms with E-state index >= 15 is 0 Å². The Morgan fingerprint density at radius 1 is 1.47 bits per heavy atom. The van der Waals surface area contributed by atoms with Crippen molar-refractivity contribution in [2.75, 3.05) is 12.3 Å². The summed E-state index contributed by atoms with van der Waals surface area (Å²) in [6.45, 7) is 2.18. The number of ether oxygens (including phenoxy) is 1. The van der Waals surface area contributed by atoms with E-state index in [1.807, 2.05) is 29.6 Å². The highest BCUT2D eigenvalue weighted by Crippen LogP contribution is 2.36. The van der Waals surface area contributed by atoms with Crippen molar-refractivity contribution in [1.82, 2.24) is 0 Å². The standard InChI is InChI=1S/C11H12NO2S/c1-2-14-11(13)15-7-9-5-3-4-8(9)6-10(15)12/h3-7H,2,12H2,1H3/q+1. The van der Waals surface area contributed by atoms with Crippen LogP contribution in [0.5, 0.6) is 0 Å². The van der Waals surface area contributed by atoms with Gasteiger partial charge >= 0.3 is 5.30 Å². The van der Waals surface area contributed by atoms with Crippen LogP contribution in [0.15, 0.2) is 29.6 Å². The third-order valence-corrected chi connectivity index (χ3v) is 3.72. The molecule has 0 aromatic carbocycles. The molecule has 2 aliphatic rings. The number of carbonyl (C=O) groups is 1. The topological polar surface area (TPSA) is 52.3 Å². The highest BCUT2D eigenvalue weighted by Gasteiger charge is 2.24. The van der Waals surface area contributed by atoms with Gasteiger partial charge < -0.3 is 10.5 Å². The Balaban J connectivity index is 2.47. The molecule has 0 saturated heterocycles. The van der Waals surface area contributed by atoms with Gasteiger partial charge in [-0.3, -0.25) is 0 Å². The molecule has 15 heavy (non-hydrogen) atoms. The van der Waals surface area contributed by atoms with E-state index in [4.69, 9.17) is 10.5 Å². The van der Waals surface area contributed by atoms with Gasteiger partial charge in [-0.1, -0.05) is 12.1 Å². The lowest BCUT2D eigenvalue weighted by Gasteiger charge is -1.99. The molecule has 4 heteroatoms. The number of nitrogens with two attached hydrogens (primary N) is 1. The molecule has 1 aliphatic heterocycles. The fourth-order valence-electron chi connectivity index (χ4n) is 1.42. The minimum atomic E-state index is -0.721. The van der Waals surface area contributed by atoms with E-state index in [1.54, 1.807) is 6.92 Å². The molecule has 78 valence electrons. The zero-order valence-electron chi connectivity index (χ0n) is 8.40. The summed E-state index contributed by atoms with van der Waals surface area (Å²) < 4.78 is 4.96. The average molecular weight is 222 g/mol. The van der Waals surface area contributed by atoms with E-state index in [2.05, 4.69) is 0 Å². The molecule has 1 aliphatic carbocycles. The lowest BCUT2D eigenvalue weighted by atomic mass is 10.2. The van der Waals surface area contributed by atoms with Gasteiger partial charge in [-0.05, 0) is 18.6 Å². The molecule has 0 saturated carbocycles. The van der Waals surface area contributed by atoms with Gasteiger partial charge in [0.1, 0.15) is 10.5 Å². The van der Waals surface area contributed by atoms with Crippen LogP contribution in [0.4, 0.5) is 9.80 Å². The van der Waals surface area contributed by atoms with E-state index in [-0.39, 0.29) is 5.30 Å². The summed E-state index contributed by atoms with van der Waals surface area (Å²) >= 11 is 0. The van der Waals surface area contributed by atoms with Crippen LogP contribution < -0.4 is 5.73 Å². The first kappa shape index (κ1) is 9.98. The summed E-state index contributed by atoms with van der Waals surface area (Å²) in [6, 6.07) is 7.74. The molecule has 1 unspecified atom stereocenters. The van der Waals surface area contributed by atoms with Crippen LogP contribution in [-0.4, -0.2) is 11.9 Å². The van der Waals surface area contributed by atoms with Gasteiger partial charge in [-0.25, -0.2) is 0 Å². The number of anilines is 1. The second kappa shape index (κ2) is 3.90. The van der Waals surface area contributed by atoms with Crippen LogP contribution in [0, 0.1) is 0 Å². The Morgan fingerprint density at radius 2 is 2.20 bits per heavy atom. The average Bonchev–Trinajstić information content (AvgIpc) is 2.63. The normalized spacial score (nSPS) is 11.7. The minimum absolute atomic E-state index is 0.252. The number of rotatable bonds is 2. The first-order chi connectivity index (χ1) is 7.22. The van der Waals surface area contributed by atoms with Gasteiger partial charge in [0.15, 0.2) is 5.38 Å². The van der Waals surface area contributed by atoms with Crippen LogP contribution in [0.3, 0.4) is 0 Å². The van der Waals surface area contributed by atoms with Crippen LogP contribution in [0.1, 0.15) is 6.92 Å². The summed E-state index contributed by atoms with van der Waals surface area (Å²) in [5, 5.41) is 2.20. The molecule has 0 fully saturated rings. The molecular weight excluding hydrogens is 210 g/mol. The van der Waals surface area contributed by atoms with Crippen molar-refractivity contribution in [2.45, 2.75) is 6.92 Å². The zero-order valence-corrected chi connectivity index (χ0v) is 9.21. The molecular formula is C11H12NO2S+. The molecule has 2 rings (SSSR count). The van der Waals surface area contributed by atoms with Crippen molar-refractivity contribution < 1.29 is 9.53 Å². The van der Waals surface area contributed by atoms with Gasteiger partial charge in [0.05, 0.1) is 6.61 Å². The quantitative estimate of drug-likeness (QED) is 0.627. The highest BCUT2D eigenvalue weighted by molar-refractivity contribution is 7.52. The van der Waals surface area contributed by atoms with E-state index in [1.165, 1.54) is 0 Å². The Morgan fingerprint density at radius 3 is 2.93 bits per heavy atom. The molecule has 1 heterocycles. The van der Waals surface area contributed by atoms with Crippen LogP contribution in [-0.2, 0) is 4.74 Å². The Hall–Kier alpha value is -1.55. The third kappa shape index (κ3) is 1.80. The number of nitrogen functional groups attached to an aromatic ring is 1. The predicted molar refractivity (Wildman–Crippen MR) is 62.4 cm³/mol. The van der Waals surface area contributed by atoms with Crippen LogP contribution >= 0.6 is 10.5 Å². The van der Waals surface area contributed by atoms with Gasteiger partial charge in [0.2, 0.25) is 0 Å². The fourth-order valence-corrected chi connectivity index (χ4v) is 2.82. The lowest BCUT2D eigenvalue weighted by molar-refractivity contribution is 0.180. The van der Waals surface area contributed by atoms with Crippen LogP contribution in [0.2, 0.25) is 0 Å². The number of hydrogen-bond acceptors (Lipinski definition) is 3. The van der Waals surface area contributed by atoms with E-state index < -0.39 is 10.5 Å². The molecule has 1 atom stereocenters. The van der Waals surface area contributed by atoms with E-state index in [9.17, 15) is 4.79 Å². The molecule has 0 amide bonds. The molecule has 0 radical (unpaired) electrons. The number of carbonyl (C=O) groups excluding carboxylic acids is 1. The first-order valence-electron chi connectivity index (χ1n) is 4.70. The van der Waals surface area contributed by atoms with E-state index in [0.717, 1.165) is 11.1 Å². The summed E-state index contributed by atoms with van der Waals surface area (Å²) in [6.07, 6.45) is 0. The molecule has 3 nitrogen and oxygen atoms in total. The van der Waals surface area contributed by atoms with Crippen molar-refractivity contribution in [3.05, 3.63) is 29.6 Å². The highest BCUT2D eigenvalue weighted by atomic mass is 32.2. The summed E-state index contributed by atoms with van der Waals surface area (Å²) in [7, 11) is -0.721. The third-order valence-electron chi connectivity index (χ3n) is 2.12. The van der Waals surface area contributed by atoms with Crippen molar-refractivity contribution >= 4 is 20.8 Å². The minimum Gasteiger partial charge on any atom is -0.422 e. The van der Waals surface area contributed by atoms with Crippen molar-refractivity contribution in [3.8, 4) is 11.1 Å². The van der Waals surface area contributed by atoms with Gasteiger partial charge in [0, 0.05) is 11.6 Å². The fraction of sp³-hybridized carbons (Fsp3) is 0.182. The lowest BCUT2D eigenvalue weighted by Crippen LogP contribution is -2.00. The summed E-state index contributed by atoms with van der Waals surface area (Å²) in [4.78, 5) is 11.6. The predicted octanol–water partition coefficient (Wildman–Crippen LogP) is 3.13. The molecule has 0 bridgehead atoms. The largest absolute Gasteiger partial charge is 0.556 e. The number of fused-ring (bicyclic) bond motifs is 1. The zero-order chi connectivity index (χ0) is 10.8. The summed E-state index contributed by atoms with van der Waals surface area (Å²) in [5.74, 6) is 0. The van der Waals surface area contributed by atoms with Crippen molar-refractivity contribution in [2.24, 2.45) is 0 Å². The summed E-state index contributed by atoms with van der Waals surface area (Å²) in [5.41, 5.74) is 7.95. The van der Waals surface area contributed by atoms with Gasteiger partial charge in [0.25, 0.3) is 5.00 Å². The smallest absolute Gasteiger partial charge is 0.422 e. The SMILES string of the molecule is CCOC(=O)[s+]1cc2cccc-2cc1N. The van der Waals surface area contributed by atoms with E-state index in [0.29, 0.717) is 11.6 Å². The van der Waals surface area contributed by atoms with Gasteiger partial charge in [-0.15, -0.1) is 0 Å². The molecule has 0 aromatic heterocycles. The second-order valence-corrected chi connectivity index (χ2v) is 4.84. The second-order valence-electron chi connectivity index (χ2n) is 3.12. The maximum atomic E-state index is 11.6. The Bertz CT molecular complexity index is 464. The maximum absolute atomic E-state index is 11.6. The molecule has 2 N–H and O–H groups in total. The van der Waals surface area contributed by atoms with Crippen molar-refractivity contribution in [3.63, 3.8) is 0 Å². The van der Waals surface area contributed by atoms with Crippen LogP contribution in [0.25, 0.3) is 11.1 Å². The molecule has 0 aromatic rings. The monoisotopic (exact) mass is 222 g/mol. The Labute approximate surface area is 90.8 Å².